The maximum absolute atomic E-state index is 10.7. The lowest BCUT2D eigenvalue weighted by atomic mass is 10.4. The van der Waals surface area contributed by atoms with Gasteiger partial charge in [-0.1, -0.05) is 0 Å². The first-order chi connectivity index (χ1) is 5.36. The van der Waals surface area contributed by atoms with E-state index < -0.39 is 0 Å². The third-order valence-electron chi connectivity index (χ3n) is 1.42. The number of hydrogen-bond donors (Lipinski definition) is 1. The van der Waals surface area contributed by atoms with Crippen molar-refractivity contribution in [1.29, 1.82) is 0 Å². The number of aromatic nitrogens is 3. The SMILES string of the molecule is O=c1ccc2[nH]ncc2cn1. The van der Waals surface area contributed by atoms with Crippen molar-refractivity contribution in [3.8, 4) is 0 Å². The first kappa shape index (κ1) is 6.03. The predicted molar refractivity (Wildman–Crippen MR) is 40.2 cm³/mol. The second-order valence-corrected chi connectivity index (χ2v) is 2.17. The Kier molecular flexibility index (Phi) is 1.18. The van der Waals surface area contributed by atoms with Crippen LogP contribution in [0.25, 0.3) is 10.9 Å². The van der Waals surface area contributed by atoms with Crippen molar-refractivity contribution >= 4 is 10.9 Å². The summed E-state index contributed by atoms with van der Waals surface area (Å²) in [5.41, 5.74) is 0.578. The van der Waals surface area contributed by atoms with Gasteiger partial charge in [0, 0.05) is 17.6 Å². The minimum atomic E-state index is -0.241. The molecule has 0 spiro atoms. The molecule has 0 aromatic carbocycles. The lowest BCUT2D eigenvalue weighted by Gasteiger charge is -1.71. The molecule has 0 saturated heterocycles. The first-order valence-electron chi connectivity index (χ1n) is 3.16. The molecule has 0 atom stereocenters. The zero-order valence-electron chi connectivity index (χ0n) is 5.61. The first-order valence-corrected chi connectivity index (χ1v) is 3.16. The molecule has 1 N–H and O–H groups in total. The molecule has 2 aromatic heterocycles. The minimum absolute atomic E-state index is 0.241. The third kappa shape index (κ3) is 0.980. The zero-order chi connectivity index (χ0) is 7.68. The van der Waals surface area contributed by atoms with Gasteiger partial charge >= 0.3 is 0 Å². The Bertz CT molecular complexity index is 398. The van der Waals surface area contributed by atoms with Gasteiger partial charge in [0.1, 0.15) is 0 Å². The van der Waals surface area contributed by atoms with Gasteiger partial charge in [-0.15, -0.1) is 0 Å². The molecule has 11 heavy (non-hydrogen) atoms. The molecule has 0 bridgehead atoms. The van der Waals surface area contributed by atoms with Crippen LogP contribution < -0.4 is 5.56 Å². The lowest BCUT2D eigenvalue weighted by Crippen LogP contribution is -1.96. The topological polar surface area (TPSA) is 58.6 Å². The van der Waals surface area contributed by atoms with Crippen LogP contribution in [0.1, 0.15) is 0 Å². The largest absolute Gasteiger partial charge is 0.278 e. The number of nitrogens with one attached hydrogen (secondary N) is 1. The Balaban J connectivity index is 2.96. The highest BCUT2D eigenvalue weighted by molar-refractivity contribution is 5.75. The molecule has 4 heteroatoms. The normalized spacial score (nSPS) is 10.2. The maximum Gasteiger partial charge on any atom is 0.269 e. The molecular weight excluding hydrogens is 142 g/mol. The molecule has 0 fully saturated rings. The second kappa shape index (κ2) is 2.16. The molecule has 2 heterocycles. The van der Waals surface area contributed by atoms with Gasteiger partial charge in [0.05, 0.1) is 11.7 Å². The minimum Gasteiger partial charge on any atom is -0.278 e. The van der Waals surface area contributed by atoms with Crippen molar-refractivity contribution in [2.45, 2.75) is 0 Å². The van der Waals surface area contributed by atoms with Crippen LogP contribution in [0.15, 0.2) is 29.3 Å². The molecule has 0 amide bonds. The van der Waals surface area contributed by atoms with E-state index in [2.05, 4.69) is 15.2 Å². The smallest absolute Gasteiger partial charge is 0.269 e. The van der Waals surface area contributed by atoms with Crippen LogP contribution in [0.4, 0.5) is 0 Å². The van der Waals surface area contributed by atoms with Gasteiger partial charge in [0.25, 0.3) is 5.56 Å². The van der Waals surface area contributed by atoms with Gasteiger partial charge in [0.15, 0.2) is 0 Å². The molecule has 2 aromatic rings. The highest BCUT2D eigenvalue weighted by Crippen LogP contribution is 2.03. The summed E-state index contributed by atoms with van der Waals surface area (Å²) in [7, 11) is 0. The average Bonchev–Trinajstić information content (AvgIpc) is 2.38. The number of H-pyrrole nitrogens is 1. The van der Waals surface area contributed by atoms with E-state index in [1.807, 2.05) is 0 Å². The summed E-state index contributed by atoms with van der Waals surface area (Å²) in [6.07, 6.45) is 3.13. The van der Waals surface area contributed by atoms with Crippen LogP contribution in [0.5, 0.6) is 0 Å². The summed E-state index contributed by atoms with van der Waals surface area (Å²) in [5.74, 6) is 0. The van der Waals surface area contributed by atoms with Crippen molar-refractivity contribution < 1.29 is 0 Å². The summed E-state index contributed by atoms with van der Waals surface area (Å²) in [4.78, 5) is 14.4. The van der Waals surface area contributed by atoms with Crippen molar-refractivity contribution in [2.75, 3.05) is 0 Å². The summed E-state index contributed by atoms with van der Waals surface area (Å²) in [6.45, 7) is 0. The van der Waals surface area contributed by atoms with Crippen molar-refractivity contribution in [3.05, 3.63) is 34.9 Å². The fourth-order valence-corrected chi connectivity index (χ4v) is 0.873. The molecule has 0 saturated carbocycles. The standard InChI is InChI=1S/C7H5N3O/c11-7-2-1-6-5(3-8-7)4-9-10-6/h1-4H,(H,9,10). The molecule has 0 aliphatic rings. The number of rotatable bonds is 0. The number of aromatic amines is 1. The van der Waals surface area contributed by atoms with E-state index >= 15 is 0 Å². The molecular formula is C7H5N3O. The molecule has 0 unspecified atom stereocenters. The maximum atomic E-state index is 10.7. The monoisotopic (exact) mass is 147 g/mol. The predicted octanol–water partition coefficient (Wildman–Crippen LogP) is 0.318. The summed E-state index contributed by atoms with van der Waals surface area (Å²) in [5, 5.41) is 7.37. The molecule has 0 aliphatic heterocycles. The summed E-state index contributed by atoms with van der Waals surface area (Å²) >= 11 is 0. The van der Waals surface area contributed by atoms with Crippen LogP contribution in [0, 0.1) is 0 Å². The van der Waals surface area contributed by atoms with E-state index in [9.17, 15) is 4.79 Å². The van der Waals surface area contributed by atoms with Gasteiger partial charge in [-0.05, 0) is 6.07 Å². The van der Waals surface area contributed by atoms with E-state index in [4.69, 9.17) is 0 Å². The molecule has 0 radical (unpaired) electrons. The van der Waals surface area contributed by atoms with E-state index in [0.717, 1.165) is 10.9 Å². The van der Waals surface area contributed by atoms with E-state index in [1.54, 1.807) is 12.3 Å². The lowest BCUT2D eigenvalue weighted by molar-refractivity contribution is 1.12. The molecule has 4 nitrogen and oxygen atoms in total. The zero-order valence-corrected chi connectivity index (χ0v) is 5.61. The van der Waals surface area contributed by atoms with E-state index in [0.29, 0.717) is 0 Å². The van der Waals surface area contributed by atoms with Crippen molar-refractivity contribution in [3.63, 3.8) is 0 Å². The van der Waals surface area contributed by atoms with Gasteiger partial charge in [0.2, 0.25) is 0 Å². The Morgan fingerprint density at radius 2 is 2.18 bits per heavy atom. The Hall–Kier alpha value is -1.71. The molecule has 2 rings (SSSR count). The van der Waals surface area contributed by atoms with Gasteiger partial charge in [-0.3, -0.25) is 9.89 Å². The van der Waals surface area contributed by atoms with Gasteiger partial charge in [-0.25, -0.2) is 4.98 Å². The Morgan fingerprint density at radius 3 is 3.09 bits per heavy atom. The Morgan fingerprint density at radius 1 is 1.27 bits per heavy atom. The van der Waals surface area contributed by atoms with Crippen molar-refractivity contribution in [1.82, 2.24) is 15.2 Å². The van der Waals surface area contributed by atoms with Crippen molar-refractivity contribution in [2.24, 2.45) is 0 Å². The molecule has 54 valence electrons. The fraction of sp³-hybridized carbons (Fsp3) is 0. The quantitative estimate of drug-likeness (QED) is 0.583. The highest BCUT2D eigenvalue weighted by atomic mass is 16.1. The van der Waals surface area contributed by atoms with Crippen LogP contribution in [0.2, 0.25) is 0 Å². The van der Waals surface area contributed by atoms with E-state index in [-0.39, 0.29) is 5.56 Å². The van der Waals surface area contributed by atoms with Crippen LogP contribution in [0.3, 0.4) is 0 Å². The summed E-state index contributed by atoms with van der Waals surface area (Å²) in [6, 6.07) is 3.07. The molecule has 0 aliphatic carbocycles. The summed E-state index contributed by atoms with van der Waals surface area (Å²) < 4.78 is 0. The van der Waals surface area contributed by atoms with Gasteiger partial charge in [-0.2, -0.15) is 5.10 Å². The Labute approximate surface area is 61.9 Å². The van der Waals surface area contributed by atoms with E-state index in [1.165, 1.54) is 12.3 Å². The highest BCUT2D eigenvalue weighted by Gasteiger charge is 1.90. The van der Waals surface area contributed by atoms with Gasteiger partial charge < -0.3 is 0 Å². The number of hydrogen-bond acceptors (Lipinski definition) is 3. The van der Waals surface area contributed by atoms with Crippen LogP contribution in [-0.2, 0) is 0 Å². The van der Waals surface area contributed by atoms with Crippen LogP contribution >= 0.6 is 0 Å². The number of nitrogens with zero attached hydrogens (tertiary/aromatic N) is 2. The third-order valence-corrected chi connectivity index (χ3v) is 1.42. The number of fused-ring (bicyclic) bond motifs is 1. The van der Waals surface area contributed by atoms with Crippen LogP contribution in [-0.4, -0.2) is 15.2 Å². The fourth-order valence-electron chi connectivity index (χ4n) is 0.873. The average molecular weight is 147 g/mol. The second-order valence-electron chi connectivity index (χ2n) is 2.17.